The molecule has 0 heterocycles. The van der Waals surface area contributed by atoms with E-state index in [9.17, 15) is 9.59 Å². The summed E-state index contributed by atoms with van der Waals surface area (Å²) in [6.45, 7) is 7.10. The summed E-state index contributed by atoms with van der Waals surface area (Å²) in [5.74, 6) is 0.353. The van der Waals surface area contributed by atoms with Gasteiger partial charge in [-0.15, -0.1) is 0 Å². The Hall–Kier alpha value is -2.04. The third-order valence-corrected chi connectivity index (χ3v) is 6.11. The highest BCUT2D eigenvalue weighted by Crippen LogP contribution is 2.38. The van der Waals surface area contributed by atoms with E-state index in [1.807, 2.05) is 0 Å². The predicted molar refractivity (Wildman–Crippen MR) is 143 cm³/mol. The van der Waals surface area contributed by atoms with Gasteiger partial charge in [0.2, 0.25) is 5.75 Å². The highest BCUT2D eigenvalue weighted by molar-refractivity contribution is 5.77. The largest absolute Gasteiger partial charge is 0.490 e. The molecule has 0 aliphatic carbocycles. The lowest BCUT2D eigenvalue weighted by atomic mass is 10.1. The molecule has 0 unspecified atom stereocenters. The average Bonchev–Trinajstić information content (AvgIpc) is 2.85. The van der Waals surface area contributed by atoms with Crippen molar-refractivity contribution < 1.29 is 23.8 Å². The van der Waals surface area contributed by atoms with Crippen molar-refractivity contribution in [1.82, 2.24) is 0 Å². The van der Waals surface area contributed by atoms with E-state index < -0.39 is 0 Å². The van der Waals surface area contributed by atoms with Crippen molar-refractivity contribution in [3.8, 4) is 17.2 Å². The molecule has 0 aliphatic heterocycles. The Kier molecular flexibility index (Phi) is 18.8. The maximum atomic E-state index is 12.6. The van der Waals surface area contributed by atoms with Gasteiger partial charge in [0, 0.05) is 12.8 Å². The molecule has 0 amide bonds. The number of esters is 2. The first kappa shape index (κ1) is 31.0. The molecule has 200 valence electrons. The highest BCUT2D eigenvalue weighted by Gasteiger charge is 2.19. The van der Waals surface area contributed by atoms with E-state index in [0.29, 0.717) is 25.2 Å². The zero-order valence-corrected chi connectivity index (χ0v) is 22.7. The van der Waals surface area contributed by atoms with Crippen LogP contribution in [0.1, 0.15) is 136 Å². The van der Waals surface area contributed by atoms with E-state index in [2.05, 4.69) is 20.8 Å². The lowest BCUT2D eigenvalue weighted by Gasteiger charge is -2.15. The molecule has 5 heteroatoms. The van der Waals surface area contributed by atoms with Gasteiger partial charge in [-0.05, 0) is 31.4 Å². The molecule has 0 saturated heterocycles. The Morgan fingerprint density at radius 2 is 1.03 bits per heavy atom. The number of hydrogen-bond acceptors (Lipinski definition) is 5. The Morgan fingerprint density at radius 1 is 0.571 bits per heavy atom. The van der Waals surface area contributed by atoms with Crippen molar-refractivity contribution in [2.75, 3.05) is 6.61 Å². The third-order valence-electron chi connectivity index (χ3n) is 6.11. The van der Waals surface area contributed by atoms with Crippen molar-refractivity contribution >= 4 is 11.9 Å². The molecular formula is C30H50O5. The van der Waals surface area contributed by atoms with E-state index in [1.165, 1.54) is 44.9 Å². The van der Waals surface area contributed by atoms with Crippen molar-refractivity contribution in [3.05, 3.63) is 18.2 Å². The Labute approximate surface area is 214 Å². The van der Waals surface area contributed by atoms with Crippen LogP contribution in [0.3, 0.4) is 0 Å². The number of para-hydroxylation sites is 1. The summed E-state index contributed by atoms with van der Waals surface area (Å²) in [5, 5.41) is 0. The molecule has 1 aromatic carbocycles. The molecule has 0 spiro atoms. The van der Waals surface area contributed by atoms with E-state index in [-0.39, 0.29) is 23.4 Å². The second-order valence-corrected chi connectivity index (χ2v) is 9.48. The standard InChI is InChI=1S/C30H50O5/c1-4-7-10-13-15-17-23-28(31)34-27-22-20-21-26(33-25-19-12-9-6-3)30(27)35-29(32)24-18-16-14-11-8-5-2/h20-22H,4-19,23-25H2,1-3H3. The zero-order chi connectivity index (χ0) is 25.6. The zero-order valence-electron chi connectivity index (χ0n) is 22.7. The summed E-state index contributed by atoms with van der Waals surface area (Å²) >= 11 is 0. The molecule has 0 atom stereocenters. The number of unbranched alkanes of at least 4 members (excludes halogenated alkanes) is 13. The van der Waals surface area contributed by atoms with E-state index in [1.54, 1.807) is 18.2 Å². The van der Waals surface area contributed by atoms with Crippen molar-refractivity contribution in [1.29, 1.82) is 0 Å². The molecule has 0 saturated carbocycles. The molecule has 35 heavy (non-hydrogen) atoms. The van der Waals surface area contributed by atoms with E-state index in [0.717, 1.165) is 57.8 Å². The van der Waals surface area contributed by atoms with Gasteiger partial charge >= 0.3 is 11.9 Å². The summed E-state index contributed by atoms with van der Waals surface area (Å²) < 4.78 is 17.3. The fraction of sp³-hybridized carbons (Fsp3) is 0.733. The van der Waals surface area contributed by atoms with Crippen molar-refractivity contribution in [2.24, 2.45) is 0 Å². The van der Waals surface area contributed by atoms with Gasteiger partial charge in [0.05, 0.1) is 6.61 Å². The van der Waals surface area contributed by atoms with Crippen LogP contribution in [0.2, 0.25) is 0 Å². The van der Waals surface area contributed by atoms with Crippen molar-refractivity contribution in [2.45, 2.75) is 136 Å². The van der Waals surface area contributed by atoms with Crippen LogP contribution in [0.5, 0.6) is 17.2 Å². The molecule has 0 radical (unpaired) electrons. The minimum absolute atomic E-state index is 0.232. The molecule has 1 rings (SSSR count). The maximum absolute atomic E-state index is 12.6. The minimum atomic E-state index is -0.309. The van der Waals surface area contributed by atoms with E-state index in [4.69, 9.17) is 14.2 Å². The molecule has 0 aliphatic rings. The number of hydrogen-bond donors (Lipinski definition) is 0. The first-order chi connectivity index (χ1) is 17.1. The Morgan fingerprint density at radius 3 is 1.60 bits per heavy atom. The smallest absolute Gasteiger partial charge is 0.311 e. The van der Waals surface area contributed by atoms with Gasteiger partial charge in [0.1, 0.15) is 0 Å². The minimum Gasteiger partial charge on any atom is -0.490 e. The predicted octanol–water partition coefficient (Wildman–Crippen LogP) is 8.96. The molecular weight excluding hydrogens is 440 g/mol. The van der Waals surface area contributed by atoms with Gasteiger partial charge in [-0.2, -0.15) is 0 Å². The van der Waals surface area contributed by atoms with Crippen LogP contribution in [0, 0.1) is 0 Å². The van der Waals surface area contributed by atoms with Crippen LogP contribution < -0.4 is 14.2 Å². The molecule has 1 aromatic rings. The number of rotatable bonds is 22. The van der Waals surface area contributed by atoms with Crippen LogP contribution in [0.4, 0.5) is 0 Å². The van der Waals surface area contributed by atoms with Crippen LogP contribution >= 0.6 is 0 Å². The van der Waals surface area contributed by atoms with Crippen LogP contribution in [-0.2, 0) is 9.59 Å². The van der Waals surface area contributed by atoms with Crippen molar-refractivity contribution in [3.63, 3.8) is 0 Å². The van der Waals surface area contributed by atoms with Gasteiger partial charge < -0.3 is 14.2 Å². The summed E-state index contributed by atoms with van der Waals surface area (Å²) in [6, 6.07) is 5.23. The summed E-state index contributed by atoms with van der Waals surface area (Å²) in [7, 11) is 0. The molecule has 0 fully saturated rings. The molecule has 0 N–H and O–H groups in total. The second-order valence-electron chi connectivity index (χ2n) is 9.48. The van der Waals surface area contributed by atoms with Crippen LogP contribution in [0.15, 0.2) is 18.2 Å². The topological polar surface area (TPSA) is 61.8 Å². The lowest BCUT2D eigenvalue weighted by Crippen LogP contribution is -2.13. The van der Waals surface area contributed by atoms with Gasteiger partial charge in [0.15, 0.2) is 11.5 Å². The Bertz CT molecular complexity index is 685. The van der Waals surface area contributed by atoms with Gasteiger partial charge in [0.25, 0.3) is 0 Å². The fourth-order valence-corrected chi connectivity index (χ4v) is 3.94. The van der Waals surface area contributed by atoms with Gasteiger partial charge in [-0.3, -0.25) is 9.59 Å². The summed E-state index contributed by atoms with van der Waals surface area (Å²) in [5.41, 5.74) is 0. The third kappa shape index (κ3) is 15.5. The highest BCUT2D eigenvalue weighted by atomic mass is 16.6. The molecule has 0 bridgehead atoms. The summed E-state index contributed by atoms with van der Waals surface area (Å²) in [4.78, 5) is 25.1. The SMILES string of the molecule is CCCCCCCCC(=O)Oc1cccc(OCCCCCC)c1OC(=O)CCCCCCCC. The van der Waals surface area contributed by atoms with E-state index >= 15 is 0 Å². The van der Waals surface area contributed by atoms with Gasteiger partial charge in [-0.25, -0.2) is 0 Å². The normalized spacial score (nSPS) is 10.8. The quantitative estimate of drug-likeness (QED) is 0.0922. The van der Waals surface area contributed by atoms with Gasteiger partial charge in [-0.1, -0.05) is 110 Å². The second kappa shape index (κ2) is 21.3. The molecule has 5 nitrogen and oxygen atoms in total. The number of carbonyl (C=O) groups excluding carboxylic acids is 2. The molecule has 0 aromatic heterocycles. The first-order valence-corrected chi connectivity index (χ1v) is 14.3. The first-order valence-electron chi connectivity index (χ1n) is 14.3. The van der Waals surface area contributed by atoms with Crippen LogP contribution in [-0.4, -0.2) is 18.5 Å². The summed E-state index contributed by atoms with van der Waals surface area (Å²) in [6.07, 6.45) is 18.3. The number of benzene rings is 1. The monoisotopic (exact) mass is 490 g/mol. The maximum Gasteiger partial charge on any atom is 0.311 e. The number of ether oxygens (including phenoxy) is 3. The Balaban J connectivity index is 2.69. The average molecular weight is 491 g/mol. The number of carbonyl (C=O) groups is 2. The lowest BCUT2D eigenvalue weighted by molar-refractivity contribution is -0.137. The van der Waals surface area contributed by atoms with Crippen LogP contribution in [0.25, 0.3) is 0 Å². The fourth-order valence-electron chi connectivity index (χ4n) is 3.94.